The van der Waals surface area contributed by atoms with E-state index in [9.17, 15) is 0 Å². The molecule has 4 heterocycles. The molecule has 18 rings (SSSR count). The third-order valence-electron chi connectivity index (χ3n) is 23.1. The monoisotopic (exact) mass is 1330 g/mol. The van der Waals surface area contributed by atoms with Gasteiger partial charge in [-0.2, -0.15) is 0 Å². The standard InChI is InChI=1S/C88H48B17N3/c1-87(2,3)48-39-54-64(88(47-24-14-7-15-25-47)37-17-28-55(88)45-22-12-6-13-23-45)53-41-50(107-85-62(67(91)71(95)75(99)79(85)103)63-68(92)72(96)76(100)80(104)86(63)107)34-36-56(53)105-57-35-31-46(38-58(57)108(59(40-48)81(54)105)82-51(43-18-8-4-9-19-43)26-16-27-52(82)44-20-10-5-11-21-44)42-29-32-49(33-30-42)106-83-60(65(89)69(93)73(97)77(83)101)61-66(90)70(94)74(98)78(102)84(61)106/h4-41,64H,1-3H3. The van der Waals surface area contributed by atoms with E-state index in [-0.39, 0.29) is 87.4 Å². The molecule has 2 aliphatic heterocycles. The molecule has 2 unspecified atom stereocenters. The number of rotatable bonds is 9. The van der Waals surface area contributed by atoms with Crippen LogP contribution >= 0.6 is 0 Å². The van der Waals surface area contributed by atoms with Crippen LogP contribution in [0, 0.1) is 0 Å². The number of anilines is 3. The van der Waals surface area contributed by atoms with Gasteiger partial charge in [-0.15, -0.1) is 43.7 Å². The molecule has 3 aliphatic rings. The molecule has 0 spiro atoms. The molecule has 20 heteroatoms. The quantitative estimate of drug-likeness (QED) is 0.199. The second-order valence-corrected chi connectivity index (χ2v) is 29.7. The summed E-state index contributed by atoms with van der Waals surface area (Å²) in [6.07, 6.45) is 6.92. The van der Waals surface area contributed by atoms with Gasteiger partial charge in [0.25, 0.3) is 0 Å². The molecular formula is C88H48B17N3. The van der Waals surface area contributed by atoms with Crippen LogP contribution in [-0.2, 0) is 10.8 Å². The lowest BCUT2D eigenvalue weighted by Crippen LogP contribution is -2.63. The topological polar surface area (TPSA) is 13.1 Å². The van der Waals surface area contributed by atoms with Gasteiger partial charge in [-0.3, -0.25) is 0 Å². The predicted octanol–water partition coefficient (Wildman–Crippen LogP) is 1.22. The summed E-state index contributed by atoms with van der Waals surface area (Å²) >= 11 is 0. The molecule has 13 aromatic carbocycles. The van der Waals surface area contributed by atoms with E-state index in [1.165, 1.54) is 0 Å². The van der Waals surface area contributed by atoms with Gasteiger partial charge in [-0.1, -0.05) is 264 Å². The van der Waals surface area contributed by atoms with Crippen LogP contribution in [0.4, 0.5) is 17.1 Å². The first-order valence-corrected chi connectivity index (χ1v) is 35.7. The van der Waals surface area contributed by atoms with Gasteiger partial charge in [0.15, 0.2) is 0 Å². The van der Waals surface area contributed by atoms with Crippen LogP contribution in [0.5, 0.6) is 0 Å². The van der Waals surface area contributed by atoms with Crippen LogP contribution in [0.25, 0.3) is 93.9 Å². The Balaban J connectivity index is 0.971. The first kappa shape index (κ1) is 69.6. The van der Waals surface area contributed by atoms with Crippen molar-refractivity contribution in [3.63, 3.8) is 0 Å². The largest absolute Gasteiger partial charge is 0.311 e. The molecule has 0 saturated carbocycles. The van der Waals surface area contributed by atoms with Gasteiger partial charge >= 0.3 is 0 Å². The van der Waals surface area contributed by atoms with Crippen molar-refractivity contribution < 1.29 is 0 Å². The molecule has 2 atom stereocenters. The number of benzene rings is 13. The fourth-order valence-corrected chi connectivity index (χ4v) is 17.8. The molecule has 2 aromatic heterocycles. The predicted molar refractivity (Wildman–Crippen MR) is 476 cm³/mol. The lowest BCUT2D eigenvalue weighted by molar-refractivity contribution is 0.578. The fraction of sp³-hybridized carbons (Fsp3) is 0.0682. The molecule has 108 heavy (non-hydrogen) atoms. The number of nitrogens with zero attached hydrogens (tertiary/aromatic N) is 3. The molecule has 0 bridgehead atoms. The minimum Gasteiger partial charge on any atom is -0.311 e. The summed E-state index contributed by atoms with van der Waals surface area (Å²) < 4.78 is 3.87. The van der Waals surface area contributed by atoms with Gasteiger partial charge in [-0.25, -0.2) is 0 Å². The Hall–Kier alpha value is -10.2. The third-order valence-corrected chi connectivity index (χ3v) is 23.1. The third kappa shape index (κ3) is 9.92. The molecule has 0 N–H and O–H groups in total. The van der Waals surface area contributed by atoms with Crippen LogP contribution in [0.1, 0.15) is 54.5 Å². The molecule has 15 aromatic rings. The molecule has 0 saturated heterocycles. The van der Waals surface area contributed by atoms with E-state index in [2.05, 4.69) is 244 Å². The van der Waals surface area contributed by atoms with Gasteiger partial charge < -0.3 is 14.0 Å². The number of allylic oxidation sites excluding steroid dienone is 4. The number of hydrogen-bond acceptors (Lipinski definition) is 1. The van der Waals surface area contributed by atoms with Crippen LogP contribution in [-0.4, -0.2) is 141 Å². The van der Waals surface area contributed by atoms with Crippen LogP contribution < -0.4 is 109 Å². The van der Waals surface area contributed by atoms with Gasteiger partial charge in [0, 0.05) is 67.3 Å². The molecule has 32 radical (unpaired) electrons. The maximum absolute atomic E-state index is 7.29. The zero-order valence-electron chi connectivity index (χ0n) is 59.7. The van der Waals surface area contributed by atoms with E-state index in [0.29, 0.717) is 55.0 Å². The highest BCUT2D eigenvalue weighted by atomic mass is 15.2. The highest BCUT2D eigenvalue weighted by molar-refractivity contribution is 6.99. The first-order valence-electron chi connectivity index (χ1n) is 35.7. The minimum absolute atomic E-state index is 0.104. The molecule has 466 valence electrons. The molecule has 3 nitrogen and oxygen atoms in total. The highest BCUT2D eigenvalue weighted by Gasteiger charge is 2.53. The maximum Gasteiger partial charge on any atom is 0.247 e. The molecule has 1 aliphatic carbocycles. The number of hydrogen-bond donors (Lipinski definition) is 0. The second kappa shape index (κ2) is 25.5. The van der Waals surface area contributed by atoms with E-state index in [4.69, 9.17) is 126 Å². The van der Waals surface area contributed by atoms with Crippen molar-refractivity contribution in [2.24, 2.45) is 0 Å². The summed E-state index contributed by atoms with van der Waals surface area (Å²) in [7, 11) is 110. The zero-order valence-corrected chi connectivity index (χ0v) is 59.7. The Bertz CT molecular complexity index is 6270. The van der Waals surface area contributed by atoms with Crippen molar-refractivity contribution in [2.45, 2.75) is 37.5 Å². The van der Waals surface area contributed by atoms with Crippen molar-refractivity contribution >= 4 is 302 Å². The number of aromatic nitrogens is 2. The Morgan fingerprint density at radius 2 is 0.759 bits per heavy atom. The maximum atomic E-state index is 7.29. The highest BCUT2D eigenvalue weighted by Crippen LogP contribution is 2.58. The summed E-state index contributed by atoms with van der Waals surface area (Å²) in [4.78, 5) is 2.56. The lowest BCUT2D eigenvalue weighted by Gasteiger charge is -2.49. The van der Waals surface area contributed by atoms with Crippen molar-refractivity contribution in [1.29, 1.82) is 0 Å². The van der Waals surface area contributed by atoms with E-state index in [1.54, 1.807) is 0 Å². The van der Waals surface area contributed by atoms with Crippen LogP contribution in [0.2, 0.25) is 0 Å². The van der Waals surface area contributed by atoms with E-state index in [0.717, 1.165) is 100 Å². The molecular weight excluding hydrogens is 1280 g/mol. The van der Waals surface area contributed by atoms with Gasteiger partial charge in [-0.05, 0) is 130 Å². The van der Waals surface area contributed by atoms with E-state index in [1.807, 2.05) is 21.3 Å². The average molecular weight is 1330 g/mol. The van der Waals surface area contributed by atoms with Crippen molar-refractivity contribution in [3.8, 4) is 44.8 Å². The average Bonchev–Trinajstić information content (AvgIpc) is 1.45. The number of para-hydroxylation sites is 1. The van der Waals surface area contributed by atoms with E-state index < -0.39 is 23.5 Å². The summed E-state index contributed by atoms with van der Waals surface area (Å²) in [5, 5.41) is 1.79. The zero-order chi connectivity index (χ0) is 75.2. The van der Waals surface area contributed by atoms with Gasteiger partial charge in [0.2, 0.25) is 6.71 Å². The van der Waals surface area contributed by atoms with Crippen LogP contribution in [0.3, 0.4) is 0 Å². The fourth-order valence-electron chi connectivity index (χ4n) is 17.8. The lowest BCUT2D eigenvalue weighted by atomic mass is 9.30. The summed E-state index contributed by atoms with van der Waals surface area (Å²) in [6, 6.07) is 76.2. The minimum atomic E-state index is -0.898. The van der Waals surface area contributed by atoms with Crippen molar-refractivity contribution in [2.75, 3.05) is 4.90 Å². The van der Waals surface area contributed by atoms with Gasteiger partial charge in [0.1, 0.15) is 126 Å². The SMILES string of the molecule is [B]c1c([B])c([B])c2c(c1[B])c1c([B])c([B])c([B])c([B])c1n2-c1ccc(-c2ccc3c(c2)N(c2c(-c4ccccc4)cccc2-c2ccccc2)c2cc(C(C)(C)C)cc4c2B3c2ccc(-n3c5c([B])c([B])c([B])c([B])c5c5c([B])c([B])c([B])c([B])c53)cc2C4C2(c3ccccc3)C=CC=C2c2ccccc2)cc1. The summed E-state index contributed by atoms with van der Waals surface area (Å²) in [6.45, 7) is 6.46. The normalized spacial score (nSPS) is 15.1. The Labute approximate surface area is 652 Å². The Kier molecular flexibility index (Phi) is 16.4. The molecule has 0 amide bonds. The summed E-state index contributed by atoms with van der Waals surface area (Å²) in [5.41, 5.74) is 22.8. The number of fused-ring (bicyclic) bond motifs is 10. The second-order valence-electron chi connectivity index (χ2n) is 29.7. The first-order chi connectivity index (χ1) is 51.9. The Morgan fingerprint density at radius 3 is 1.23 bits per heavy atom. The van der Waals surface area contributed by atoms with Crippen LogP contribution in [0.15, 0.2) is 231 Å². The van der Waals surface area contributed by atoms with Crippen molar-refractivity contribution in [1.82, 2.24) is 9.13 Å². The Morgan fingerprint density at radius 1 is 0.343 bits per heavy atom. The summed E-state index contributed by atoms with van der Waals surface area (Å²) in [5.74, 6) is -0.485. The van der Waals surface area contributed by atoms with Gasteiger partial charge in [0.05, 0.1) is 5.69 Å². The molecule has 0 fully saturated rings. The smallest absolute Gasteiger partial charge is 0.247 e. The van der Waals surface area contributed by atoms with Crippen molar-refractivity contribution in [3.05, 3.63) is 258 Å². The van der Waals surface area contributed by atoms with E-state index >= 15 is 0 Å².